The third kappa shape index (κ3) is 3.36. The van der Waals surface area contributed by atoms with E-state index in [1.165, 1.54) is 25.6 Å². The van der Waals surface area contributed by atoms with Gasteiger partial charge in [-0.2, -0.15) is 0 Å². The van der Waals surface area contributed by atoms with Crippen LogP contribution in [0.25, 0.3) is 0 Å². The van der Waals surface area contributed by atoms with Crippen LogP contribution >= 0.6 is 11.3 Å². The summed E-state index contributed by atoms with van der Waals surface area (Å²) in [5, 5.41) is 13.3. The predicted molar refractivity (Wildman–Crippen MR) is 114 cm³/mol. The molecular weight excluding hydrogens is 402 g/mol. The summed E-state index contributed by atoms with van der Waals surface area (Å²) in [6.07, 6.45) is -0.362. The number of ketones is 1. The van der Waals surface area contributed by atoms with Crippen LogP contribution in [0.1, 0.15) is 27.2 Å². The molecule has 4 rings (SSSR count). The van der Waals surface area contributed by atoms with Gasteiger partial charge in [0.2, 0.25) is 0 Å². The van der Waals surface area contributed by atoms with E-state index in [1.807, 2.05) is 23.6 Å². The first kappa shape index (κ1) is 20.1. The second kappa shape index (κ2) is 7.93. The monoisotopic (exact) mass is 423 g/mol. The molecule has 0 bridgehead atoms. The number of carbonyl (C=O) groups excluding carboxylic acids is 2. The SMILES string of the molecule is COc1ccc(C(=O)CC2(O)C(=O)N(Cc3cccs3)c3ccccc32)cc1OC. The van der Waals surface area contributed by atoms with Gasteiger partial charge in [-0.3, -0.25) is 9.59 Å². The number of benzene rings is 2. The quantitative estimate of drug-likeness (QED) is 0.586. The number of hydrogen-bond donors (Lipinski definition) is 1. The van der Waals surface area contributed by atoms with Crippen LogP contribution in [0.5, 0.6) is 11.5 Å². The number of ether oxygens (including phenoxy) is 2. The lowest BCUT2D eigenvalue weighted by molar-refractivity contribution is -0.136. The summed E-state index contributed by atoms with van der Waals surface area (Å²) in [6, 6.07) is 15.7. The van der Waals surface area contributed by atoms with Crippen molar-refractivity contribution in [3.05, 3.63) is 76.0 Å². The van der Waals surface area contributed by atoms with Gasteiger partial charge in [0.25, 0.3) is 5.91 Å². The van der Waals surface area contributed by atoms with Crippen molar-refractivity contribution < 1.29 is 24.2 Å². The fourth-order valence-electron chi connectivity index (χ4n) is 3.74. The summed E-state index contributed by atoms with van der Waals surface area (Å²) in [5.41, 5.74) is -0.514. The first-order chi connectivity index (χ1) is 14.5. The van der Waals surface area contributed by atoms with Gasteiger partial charge in [-0.05, 0) is 35.7 Å². The summed E-state index contributed by atoms with van der Waals surface area (Å²) >= 11 is 1.54. The average Bonchev–Trinajstić information content (AvgIpc) is 3.35. The maximum absolute atomic E-state index is 13.3. The smallest absolute Gasteiger partial charge is 0.264 e. The number of nitrogens with zero attached hydrogens (tertiary/aromatic N) is 1. The van der Waals surface area contributed by atoms with E-state index in [0.29, 0.717) is 34.9 Å². The molecule has 30 heavy (non-hydrogen) atoms. The normalized spacial score (nSPS) is 17.7. The third-order valence-corrected chi connectivity index (χ3v) is 6.12. The van der Waals surface area contributed by atoms with Gasteiger partial charge in [0.15, 0.2) is 22.9 Å². The second-order valence-corrected chi connectivity index (χ2v) is 8.05. The number of methoxy groups -OCH3 is 2. The lowest BCUT2D eigenvalue weighted by atomic mass is 9.88. The number of rotatable bonds is 7. The number of hydrogen-bond acceptors (Lipinski definition) is 6. The summed E-state index contributed by atoms with van der Waals surface area (Å²) in [5.74, 6) is 0.0514. The maximum atomic E-state index is 13.3. The molecule has 0 saturated carbocycles. The molecule has 0 radical (unpaired) electrons. The summed E-state index contributed by atoms with van der Waals surface area (Å²) in [6.45, 7) is 0.348. The first-order valence-corrected chi connectivity index (χ1v) is 10.3. The Bertz CT molecular complexity index is 1090. The molecule has 1 aliphatic rings. The van der Waals surface area contributed by atoms with Crippen molar-refractivity contribution in [2.75, 3.05) is 19.1 Å². The van der Waals surface area contributed by atoms with Crippen molar-refractivity contribution in [1.82, 2.24) is 0 Å². The number of anilines is 1. The van der Waals surface area contributed by atoms with E-state index in [-0.39, 0.29) is 12.2 Å². The highest BCUT2D eigenvalue weighted by Crippen LogP contribution is 2.44. The van der Waals surface area contributed by atoms with Crippen LogP contribution in [0.2, 0.25) is 0 Å². The van der Waals surface area contributed by atoms with Gasteiger partial charge in [0.05, 0.1) is 32.9 Å². The predicted octanol–water partition coefficient (Wildman–Crippen LogP) is 3.77. The van der Waals surface area contributed by atoms with Crippen molar-refractivity contribution in [3.63, 3.8) is 0 Å². The van der Waals surface area contributed by atoms with Crippen LogP contribution < -0.4 is 14.4 Å². The number of para-hydroxylation sites is 1. The molecule has 1 aromatic heterocycles. The van der Waals surface area contributed by atoms with E-state index < -0.39 is 11.5 Å². The highest BCUT2D eigenvalue weighted by Gasteiger charge is 2.50. The molecule has 1 unspecified atom stereocenters. The molecule has 1 N–H and O–H groups in total. The number of fused-ring (bicyclic) bond motifs is 1. The van der Waals surface area contributed by atoms with Gasteiger partial charge >= 0.3 is 0 Å². The van der Waals surface area contributed by atoms with Gasteiger partial charge in [0.1, 0.15) is 0 Å². The molecule has 2 heterocycles. The Labute approximate surface area is 178 Å². The van der Waals surface area contributed by atoms with Crippen LogP contribution in [0.4, 0.5) is 5.69 Å². The largest absolute Gasteiger partial charge is 0.493 e. The summed E-state index contributed by atoms with van der Waals surface area (Å²) < 4.78 is 10.5. The lowest BCUT2D eigenvalue weighted by Crippen LogP contribution is -2.41. The molecule has 0 spiro atoms. The van der Waals surface area contributed by atoms with Crippen LogP contribution in [0.15, 0.2) is 60.0 Å². The molecule has 0 aliphatic carbocycles. The molecule has 1 atom stereocenters. The van der Waals surface area contributed by atoms with Crippen molar-refractivity contribution in [2.45, 2.75) is 18.6 Å². The zero-order valence-corrected chi connectivity index (χ0v) is 17.4. The van der Waals surface area contributed by atoms with Gasteiger partial charge in [-0.25, -0.2) is 0 Å². The molecule has 1 amide bonds. The Morgan fingerprint density at radius 3 is 2.53 bits per heavy atom. The average molecular weight is 423 g/mol. The van der Waals surface area contributed by atoms with E-state index in [4.69, 9.17) is 9.47 Å². The van der Waals surface area contributed by atoms with Crippen LogP contribution in [-0.2, 0) is 16.9 Å². The molecule has 0 fully saturated rings. The highest BCUT2D eigenvalue weighted by atomic mass is 32.1. The molecule has 3 aromatic rings. The lowest BCUT2D eigenvalue weighted by Gasteiger charge is -2.22. The highest BCUT2D eigenvalue weighted by molar-refractivity contribution is 7.09. The first-order valence-electron chi connectivity index (χ1n) is 9.39. The van der Waals surface area contributed by atoms with E-state index >= 15 is 0 Å². The molecule has 1 aliphatic heterocycles. The zero-order chi connectivity index (χ0) is 21.3. The van der Waals surface area contributed by atoms with E-state index in [0.717, 1.165) is 4.88 Å². The topological polar surface area (TPSA) is 76.1 Å². The van der Waals surface area contributed by atoms with E-state index in [1.54, 1.807) is 41.3 Å². The molecular formula is C23H21NO5S. The molecule has 2 aromatic carbocycles. The van der Waals surface area contributed by atoms with Crippen molar-refractivity contribution in [3.8, 4) is 11.5 Å². The molecule has 0 saturated heterocycles. The Balaban J connectivity index is 1.66. The molecule has 154 valence electrons. The maximum Gasteiger partial charge on any atom is 0.264 e. The number of Topliss-reactive ketones (excluding diaryl/α,β-unsaturated/α-hetero) is 1. The number of aliphatic hydroxyl groups is 1. The standard InChI is InChI=1S/C23H21NO5S/c1-28-20-10-9-15(12-21(20)29-2)19(25)13-23(27)17-7-3-4-8-18(17)24(22(23)26)14-16-6-5-11-30-16/h3-12,27H,13-14H2,1-2H3. The second-order valence-electron chi connectivity index (χ2n) is 7.02. The number of amides is 1. The van der Waals surface area contributed by atoms with Crippen molar-refractivity contribution in [1.29, 1.82) is 0 Å². The Kier molecular flexibility index (Phi) is 5.32. The molecule has 6 nitrogen and oxygen atoms in total. The minimum absolute atomic E-state index is 0.336. The van der Waals surface area contributed by atoms with Crippen LogP contribution in [0.3, 0.4) is 0 Å². The number of thiophene rings is 1. The van der Waals surface area contributed by atoms with Crippen LogP contribution in [-0.4, -0.2) is 31.0 Å². The van der Waals surface area contributed by atoms with E-state index in [9.17, 15) is 14.7 Å². The van der Waals surface area contributed by atoms with Gasteiger partial charge in [-0.1, -0.05) is 24.3 Å². The molecule has 7 heteroatoms. The van der Waals surface area contributed by atoms with Gasteiger partial charge in [0, 0.05) is 16.0 Å². The fraction of sp³-hybridized carbons (Fsp3) is 0.217. The zero-order valence-electron chi connectivity index (χ0n) is 16.6. The minimum atomic E-state index is -1.92. The Hall–Kier alpha value is -3.16. The Morgan fingerprint density at radius 2 is 1.83 bits per heavy atom. The van der Waals surface area contributed by atoms with Crippen molar-refractivity contribution >= 4 is 28.7 Å². The van der Waals surface area contributed by atoms with Crippen LogP contribution in [0, 0.1) is 0 Å². The van der Waals surface area contributed by atoms with E-state index in [2.05, 4.69) is 0 Å². The fourth-order valence-corrected chi connectivity index (χ4v) is 4.43. The minimum Gasteiger partial charge on any atom is -0.493 e. The summed E-state index contributed by atoms with van der Waals surface area (Å²) in [4.78, 5) is 28.9. The third-order valence-electron chi connectivity index (χ3n) is 5.26. The van der Waals surface area contributed by atoms with Gasteiger partial charge in [-0.15, -0.1) is 11.3 Å². The Morgan fingerprint density at radius 1 is 1.07 bits per heavy atom. The van der Waals surface area contributed by atoms with Gasteiger partial charge < -0.3 is 19.5 Å². The van der Waals surface area contributed by atoms with Crippen molar-refractivity contribution in [2.24, 2.45) is 0 Å². The number of carbonyl (C=O) groups is 2. The summed E-state index contributed by atoms with van der Waals surface area (Å²) in [7, 11) is 3.00.